The molecule has 1 N–H and O–H groups in total. The quantitative estimate of drug-likeness (QED) is 0.370. The monoisotopic (exact) mass is 200 g/mol. The van der Waals surface area contributed by atoms with Crippen LogP contribution in [0.2, 0.25) is 0 Å². The lowest BCUT2D eigenvalue weighted by Gasteiger charge is -2.05. The highest BCUT2D eigenvalue weighted by Crippen LogP contribution is 2.06. The van der Waals surface area contributed by atoms with Crippen LogP contribution in [-0.2, 0) is 9.53 Å². The summed E-state index contributed by atoms with van der Waals surface area (Å²) < 4.78 is 4.95. The van der Waals surface area contributed by atoms with Crippen molar-refractivity contribution in [2.45, 2.75) is 39.0 Å². The van der Waals surface area contributed by atoms with Crippen molar-refractivity contribution < 1.29 is 14.6 Å². The van der Waals surface area contributed by atoms with Crippen LogP contribution in [0.1, 0.15) is 39.0 Å². The summed E-state index contributed by atoms with van der Waals surface area (Å²) in [7, 11) is 0. The molecule has 0 aromatic rings. The fourth-order valence-electron chi connectivity index (χ4n) is 0.973. The van der Waals surface area contributed by atoms with E-state index in [1.54, 1.807) is 0 Å². The number of rotatable bonds is 8. The van der Waals surface area contributed by atoms with Gasteiger partial charge in [0, 0.05) is 12.2 Å². The highest BCUT2D eigenvalue weighted by Gasteiger charge is 2.06. The van der Waals surface area contributed by atoms with Crippen molar-refractivity contribution in [3.63, 3.8) is 0 Å². The normalized spacial score (nSPS) is 9.86. The Labute approximate surface area is 85.8 Å². The molecule has 0 saturated carbocycles. The van der Waals surface area contributed by atoms with Crippen LogP contribution in [0, 0.1) is 0 Å². The van der Waals surface area contributed by atoms with Gasteiger partial charge in [-0.1, -0.05) is 19.9 Å². The van der Waals surface area contributed by atoms with Crippen molar-refractivity contribution in [2.24, 2.45) is 0 Å². The standard InChI is InChI=1S/C11H20O3/c1-3-4-7-10(2)11(13)14-9-6-5-8-12/h12H,2-9H2,1H3. The van der Waals surface area contributed by atoms with Crippen LogP contribution in [0.3, 0.4) is 0 Å². The number of unbranched alkanes of at least 4 members (excludes halogenated alkanes) is 2. The molecule has 3 nitrogen and oxygen atoms in total. The van der Waals surface area contributed by atoms with Gasteiger partial charge in [0.25, 0.3) is 0 Å². The molecule has 3 heteroatoms. The van der Waals surface area contributed by atoms with Crippen molar-refractivity contribution in [1.29, 1.82) is 0 Å². The van der Waals surface area contributed by atoms with Gasteiger partial charge in [-0.2, -0.15) is 0 Å². The van der Waals surface area contributed by atoms with Crippen LogP contribution < -0.4 is 0 Å². The van der Waals surface area contributed by atoms with Gasteiger partial charge >= 0.3 is 5.97 Å². The van der Waals surface area contributed by atoms with Gasteiger partial charge in [0.15, 0.2) is 0 Å². The second-order valence-electron chi connectivity index (χ2n) is 3.27. The molecular weight excluding hydrogens is 180 g/mol. The highest BCUT2D eigenvalue weighted by molar-refractivity contribution is 5.87. The lowest BCUT2D eigenvalue weighted by atomic mass is 10.1. The molecule has 0 atom stereocenters. The van der Waals surface area contributed by atoms with E-state index in [1.807, 2.05) is 0 Å². The fraction of sp³-hybridized carbons (Fsp3) is 0.727. The number of carbonyl (C=O) groups excluding carboxylic acids is 1. The van der Waals surface area contributed by atoms with Crippen LogP contribution in [-0.4, -0.2) is 24.3 Å². The first-order valence-electron chi connectivity index (χ1n) is 5.18. The summed E-state index contributed by atoms with van der Waals surface area (Å²) in [6.45, 7) is 6.26. The van der Waals surface area contributed by atoms with Gasteiger partial charge in [-0.3, -0.25) is 0 Å². The Hall–Kier alpha value is -0.830. The molecule has 0 rings (SSSR count). The zero-order chi connectivity index (χ0) is 10.8. The summed E-state index contributed by atoms with van der Waals surface area (Å²) in [5.74, 6) is -0.295. The third kappa shape index (κ3) is 6.66. The molecule has 0 aromatic heterocycles. The molecule has 0 bridgehead atoms. The first kappa shape index (κ1) is 13.2. The molecule has 0 aliphatic carbocycles. The highest BCUT2D eigenvalue weighted by atomic mass is 16.5. The molecule has 0 aliphatic rings. The molecule has 0 spiro atoms. The fourth-order valence-corrected chi connectivity index (χ4v) is 0.973. The van der Waals surface area contributed by atoms with E-state index in [4.69, 9.17) is 9.84 Å². The predicted molar refractivity (Wildman–Crippen MR) is 55.9 cm³/mol. The average molecular weight is 200 g/mol. The van der Waals surface area contributed by atoms with Gasteiger partial charge in [0.1, 0.15) is 0 Å². The molecule has 82 valence electrons. The molecule has 0 radical (unpaired) electrons. The second kappa shape index (κ2) is 8.75. The van der Waals surface area contributed by atoms with Crippen LogP contribution >= 0.6 is 0 Å². The minimum Gasteiger partial charge on any atom is -0.462 e. The minimum absolute atomic E-state index is 0.147. The van der Waals surface area contributed by atoms with E-state index in [0.717, 1.165) is 19.3 Å². The molecule has 0 unspecified atom stereocenters. The third-order valence-electron chi connectivity index (χ3n) is 1.91. The number of ether oxygens (including phenoxy) is 1. The summed E-state index contributed by atoms with van der Waals surface area (Å²) in [5.41, 5.74) is 0.552. The molecular formula is C11H20O3. The number of aliphatic hydroxyl groups is 1. The van der Waals surface area contributed by atoms with Gasteiger partial charge in [-0.25, -0.2) is 4.79 Å². The lowest BCUT2D eigenvalue weighted by molar-refractivity contribution is -0.139. The maximum absolute atomic E-state index is 11.2. The zero-order valence-electron chi connectivity index (χ0n) is 8.92. The summed E-state index contributed by atoms with van der Waals surface area (Å²) in [5, 5.41) is 8.50. The van der Waals surface area contributed by atoms with Gasteiger partial charge in [-0.15, -0.1) is 0 Å². The number of aliphatic hydroxyl groups excluding tert-OH is 1. The van der Waals surface area contributed by atoms with Crippen molar-refractivity contribution in [3.8, 4) is 0 Å². The lowest BCUT2D eigenvalue weighted by Crippen LogP contribution is -2.08. The maximum Gasteiger partial charge on any atom is 0.333 e. The largest absolute Gasteiger partial charge is 0.462 e. The SMILES string of the molecule is C=C(CCCC)C(=O)OCCCCO. The first-order valence-corrected chi connectivity index (χ1v) is 5.18. The summed E-state index contributed by atoms with van der Waals surface area (Å²) in [6, 6.07) is 0. The van der Waals surface area contributed by atoms with Crippen LogP contribution in [0.5, 0.6) is 0 Å². The Balaban J connectivity index is 3.47. The Morgan fingerprint density at radius 3 is 2.64 bits per heavy atom. The van der Waals surface area contributed by atoms with Gasteiger partial charge in [-0.05, 0) is 25.7 Å². The van der Waals surface area contributed by atoms with Crippen LogP contribution in [0.25, 0.3) is 0 Å². The van der Waals surface area contributed by atoms with E-state index in [2.05, 4.69) is 13.5 Å². The molecule has 0 fully saturated rings. The Morgan fingerprint density at radius 1 is 1.36 bits per heavy atom. The molecule has 0 saturated heterocycles. The van der Waals surface area contributed by atoms with Gasteiger partial charge < -0.3 is 9.84 Å². The number of carbonyl (C=O) groups is 1. The Bertz CT molecular complexity index is 175. The van der Waals surface area contributed by atoms with E-state index < -0.39 is 0 Å². The zero-order valence-corrected chi connectivity index (χ0v) is 8.92. The minimum atomic E-state index is -0.295. The second-order valence-corrected chi connectivity index (χ2v) is 3.27. The summed E-state index contributed by atoms with van der Waals surface area (Å²) in [6.07, 6.45) is 4.13. The third-order valence-corrected chi connectivity index (χ3v) is 1.91. The van der Waals surface area contributed by atoms with E-state index in [1.165, 1.54) is 0 Å². The molecule has 0 aliphatic heterocycles. The maximum atomic E-state index is 11.2. The summed E-state index contributed by atoms with van der Waals surface area (Å²) in [4.78, 5) is 11.2. The average Bonchev–Trinajstić information content (AvgIpc) is 2.20. The van der Waals surface area contributed by atoms with E-state index in [9.17, 15) is 4.79 Å². The molecule has 0 aromatic carbocycles. The van der Waals surface area contributed by atoms with Crippen molar-refractivity contribution >= 4 is 5.97 Å². The topological polar surface area (TPSA) is 46.5 Å². The summed E-state index contributed by atoms with van der Waals surface area (Å²) >= 11 is 0. The first-order chi connectivity index (χ1) is 6.72. The van der Waals surface area contributed by atoms with Crippen molar-refractivity contribution in [1.82, 2.24) is 0 Å². The Morgan fingerprint density at radius 2 is 2.07 bits per heavy atom. The van der Waals surface area contributed by atoms with Crippen LogP contribution in [0.15, 0.2) is 12.2 Å². The predicted octanol–water partition coefficient (Wildman–Crippen LogP) is 2.05. The van der Waals surface area contributed by atoms with E-state index in [-0.39, 0.29) is 12.6 Å². The smallest absolute Gasteiger partial charge is 0.333 e. The molecule has 14 heavy (non-hydrogen) atoms. The number of hydrogen-bond acceptors (Lipinski definition) is 3. The van der Waals surface area contributed by atoms with Crippen LogP contribution in [0.4, 0.5) is 0 Å². The van der Waals surface area contributed by atoms with Crippen molar-refractivity contribution in [3.05, 3.63) is 12.2 Å². The number of esters is 1. The molecule has 0 amide bonds. The number of hydrogen-bond donors (Lipinski definition) is 1. The Kier molecular flexibility index (Phi) is 8.24. The van der Waals surface area contributed by atoms with E-state index >= 15 is 0 Å². The van der Waals surface area contributed by atoms with Gasteiger partial charge in [0.2, 0.25) is 0 Å². The van der Waals surface area contributed by atoms with E-state index in [0.29, 0.717) is 25.0 Å². The van der Waals surface area contributed by atoms with Gasteiger partial charge in [0.05, 0.1) is 6.61 Å². The molecule has 0 heterocycles. The van der Waals surface area contributed by atoms with Crippen molar-refractivity contribution in [2.75, 3.05) is 13.2 Å².